The van der Waals surface area contributed by atoms with E-state index >= 15 is 0 Å². The van der Waals surface area contributed by atoms with Crippen molar-refractivity contribution < 1.29 is 19.1 Å². The van der Waals surface area contributed by atoms with Crippen LogP contribution in [0.5, 0.6) is 0 Å². The molecule has 7 nitrogen and oxygen atoms in total. The minimum atomic E-state index is -0.660. The second kappa shape index (κ2) is 7.57. The molecular formula is C8H13N3O4S. The van der Waals surface area contributed by atoms with Gasteiger partial charge in [0.2, 0.25) is 0 Å². The molecule has 0 saturated carbocycles. The molecule has 0 fully saturated rings. The quantitative estimate of drug-likeness (QED) is 0.286. The summed E-state index contributed by atoms with van der Waals surface area (Å²) in [5.74, 6) is -1.11. The van der Waals surface area contributed by atoms with Crippen LogP contribution < -0.4 is 11.2 Å². The van der Waals surface area contributed by atoms with E-state index in [1.165, 1.54) is 14.2 Å². The number of hydrogen-bond donors (Lipinski definition) is 2. The molecule has 0 heterocycles. The minimum absolute atomic E-state index is 0.0145. The van der Waals surface area contributed by atoms with Crippen LogP contribution in [0.25, 0.3) is 0 Å². The van der Waals surface area contributed by atoms with Crippen molar-refractivity contribution in [3.8, 4) is 0 Å². The van der Waals surface area contributed by atoms with Gasteiger partial charge in [-0.25, -0.2) is 4.79 Å². The van der Waals surface area contributed by atoms with E-state index in [9.17, 15) is 9.59 Å². The maximum Gasteiger partial charge on any atom is 0.354 e. The first kappa shape index (κ1) is 14.3. The molecule has 0 spiro atoms. The van der Waals surface area contributed by atoms with Gasteiger partial charge in [0.05, 0.1) is 20.6 Å². The van der Waals surface area contributed by atoms with Gasteiger partial charge in [0.15, 0.2) is 5.11 Å². The average Bonchev–Trinajstić information content (AvgIpc) is 2.27. The third-order valence-electron chi connectivity index (χ3n) is 1.52. The van der Waals surface area contributed by atoms with Gasteiger partial charge < -0.3 is 15.2 Å². The molecule has 0 rings (SSSR count). The monoisotopic (exact) mass is 247 g/mol. The minimum Gasteiger partial charge on any atom is -0.469 e. The van der Waals surface area contributed by atoms with E-state index in [4.69, 9.17) is 5.73 Å². The molecule has 0 atom stereocenters. The van der Waals surface area contributed by atoms with Crippen molar-refractivity contribution in [1.82, 2.24) is 5.43 Å². The SMILES string of the molecule is COC(=O)CC/C(=N/NC(N)=S)C(=O)OC. The molecule has 0 aromatic carbocycles. The molecule has 90 valence electrons. The van der Waals surface area contributed by atoms with Crippen molar-refractivity contribution in [3.63, 3.8) is 0 Å². The van der Waals surface area contributed by atoms with E-state index in [1.807, 2.05) is 0 Å². The number of carbonyl (C=O) groups excluding carboxylic acids is 2. The van der Waals surface area contributed by atoms with Crippen molar-refractivity contribution in [1.29, 1.82) is 0 Å². The van der Waals surface area contributed by atoms with E-state index in [-0.39, 0.29) is 23.7 Å². The lowest BCUT2D eigenvalue weighted by atomic mass is 10.2. The third kappa shape index (κ3) is 5.91. The maximum absolute atomic E-state index is 11.2. The average molecular weight is 247 g/mol. The van der Waals surface area contributed by atoms with Crippen LogP contribution in [0.1, 0.15) is 12.8 Å². The Hall–Kier alpha value is -1.70. The lowest BCUT2D eigenvalue weighted by molar-refractivity contribution is -0.140. The van der Waals surface area contributed by atoms with Crippen LogP contribution in [-0.2, 0) is 19.1 Å². The standard InChI is InChI=1S/C8H13N3O4S/c1-14-6(12)4-3-5(7(13)15-2)10-11-8(9)16/h3-4H2,1-2H3,(H3,9,11,16)/b10-5-. The number of hydrogen-bond acceptors (Lipinski definition) is 6. The van der Waals surface area contributed by atoms with Gasteiger partial charge in [0.1, 0.15) is 5.71 Å². The molecular weight excluding hydrogens is 234 g/mol. The molecule has 0 aromatic heterocycles. The molecule has 0 aliphatic rings. The van der Waals surface area contributed by atoms with Crippen molar-refractivity contribution in [2.24, 2.45) is 10.8 Å². The van der Waals surface area contributed by atoms with Crippen molar-refractivity contribution in [2.45, 2.75) is 12.8 Å². The van der Waals surface area contributed by atoms with Crippen LogP contribution >= 0.6 is 12.2 Å². The van der Waals surface area contributed by atoms with Gasteiger partial charge in [-0.05, 0) is 12.2 Å². The largest absolute Gasteiger partial charge is 0.469 e. The summed E-state index contributed by atoms with van der Waals surface area (Å²) in [6.45, 7) is 0. The number of nitrogens with zero attached hydrogens (tertiary/aromatic N) is 1. The topological polar surface area (TPSA) is 103 Å². The number of nitrogens with one attached hydrogen (secondary N) is 1. The van der Waals surface area contributed by atoms with E-state index in [1.54, 1.807) is 0 Å². The fourth-order valence-corrected chi connectivity index (χ4v) is 0.812. The molecule has 16 heavy (non-hydrogen) atoms. The summed E-state index contributed by atoms with van der Waals surface area (Å²) in [6.07, 6.45) is 0.0956. The molecule has 8 heteroatoms. The number of methoxy groups -OCH3 is 2. The highest BCUT2D eigenvalue weighted by Gasteiger charge is 2.14. The smallest absolute Gasteiger partial charge is 0.354 e. The Balaban J connectivity index is 4.43. The molecule has 0 aliphatic heterocycles. The number of hydrazone groups is 1. The molecule has 0 bridgehead atoms. The van der Waals surface area contributed by atoms with Gasteiger partial charge in [0.25, 0.3) is 0 Å². The number of rotatable bonds is 5. The van der Waals surface area contributed by atoms with E-state index < -0.39 is 11.9 Å². The summed E-state index contributed by atoms with van der Waals surface area (Å²) in [5, 5.41) is 3.53. The van der Waals surface area contributed by atoms with E-state index in [2.05, 4.69) is 32.2 Å². The summed E-state index contributed by atoms with van der Waals surface area (Å²) < 4.78 is 8.89. The highest BCUT2D eigenvalue weighted by Crippen LogP contribution is 1.97. The first-order valence-electron chi connectivity index (χ1n) is 4.28. The summed E-state index contributed by atoms with van der Waals surface area (Å²) in [6, 6.07) is 0. The summed E-state index contributed by atoms with van der Waals surface area (Å²) >= 11 is 4.51. The number of carbonyl (C=O) groups is 2. The van der Waals surface area contributed by atoms with Gasteiger partial charge in [0, 0.05) is 6.42 Å². The molecule has 0 aromatic rings. The summed E-state index contributed by atoms with van der Waals surface area (Å²) in [5.41, 5.74) is 7.40. The Morgan fingerprint density at radius 1 is 1.31 bits per heavy atom. The maximum atomic E-state index is 11.2. The highest BCUT2D eigenvalue weighted by molar-refractivity contribution is 7.80. The zero-order chi connectivity index (χ0) is 12.6. The lowest BCUT2D eigenvalue weighted by Gasteiger charge is -2.04. The number of esters is 2. The van der Waals surface area contributed by atoms with Crippen molar-refractivity contribution >= 4 is 35.0 Å². The predicted molar refractivity (Wildman–Crippen MR) is 60.6 cm³/mol. The van der Waals surface area contributed by atoms with Crippen LogP contribution in [0.4, 0.5) is 0 Å². The van der Waals surface area contributed by atoms with Crippen LogP contribution in [0.3, 0.4) is 0 Å². The Labute approximate surface area is 98.0 Å². The lowest BCUT2D eigenvalue weighted by Crippen LogP contribution is -2.28. The Kier molecular flexibility index (Phi) is 6.77. The summed E-state index contributed by atoms with van der Waals surface area (Å²) in [4.78, 5) is 22.1. The normalized spacial score (nSPS) is 10.5. The predicted octanol–water partition coefficient (Wildman–Crippen LogP) is -0.698. The fraction of sp³-hybridized carbons (Fsp3) is 0.500. The summed E-state index contributed by atoms with van der Waals surface area (Å²) in [7, 11) is 2.46. The number of thiocarbonyl (C=S) groups is 1. The Morgan fingerprint density at radius 2 is 1.94 bits per heavy atom. The van der Waals surface area contributed by atoms with E-state index in [0.717, 1.165) is 0 Å². The number of ether oxygens (including phenoxy) is 2. The molecule has 0 saturated heterocycles. The first-order chi connectivity index (χ1) is 7.51. The van der Waals surface area contributed by atoms with Crippen LogP contribution in [0.2, 0.25) is 0 Å². The van der Waals surface area contributed by atoms with Crippen LogP contribution in [0, 0.1) is 0 Å². The zero-order valence-corrected chi connectivity index (χ0v) is 9.80. The second-order valence-electron chi connectivity index (χ2n) is 2.60. The van der Waals surface area contributed by atoms with Gasteiger partial charge in [-0.3, -0.25) is 10.2 Å². The van der Waals surface area contributed by atoms with E-state index in [0.29, 0.717) is 0 Å². The van der Waals surface area contributed by atoms with Crippen LogP contribution in [0.15, 0.2) is 5.10 Å². The zero-order valence-electron chi connectivity index (χ0n) is 8.98. The molecule has 0 aliphatic carbocycles. The Morgan fingerprint density at radius 3 is 2.38 bits per heavy atom. The van der Waals surface area contributed by atoms with Crippen LogP contribution in [-0.4, -0.2) is 37.0 Å². The van der Waals surface area contributed by atoms with Gasteiger partial charge in [-0.2, -0.15) is 5.10 Å². The first-order valence-corrected chi connectivity index (χ1v) is 4.69. The number of nitrogens with two attached hydrogens (primary N) is 1. The molecule has 3 N–H and O–H groups in total. The second-order valence-corrected chi connectivity index (χ2v) is 3.04. The molecule has 0 amide bonds. The Bertz CT molecular complexity index is 316. The fourth-order valence-electron chi connectivity index (χ4n) is 0.767. The van der Waals surface area contributed by atoms with Crippen molar-refractivity contribution in [3.05, 3.63) is 0 Å². The molecule has 0 radical (unpaired) electrons. The highest BCUT2D eigenvalue weighted by atomic mass is 32.1. The third-order valence-corrected chi connectivity index (χ3v) is 1.61. The molecule has 0 unspecified atom stereocenters. The van der Waals surface area contributed by atoms with Gasteiger partial charge >= 0.3 is 11.9 Å². The van der Waals surface area contributed by atoms with Crippen molar-refractivity contribution in [2.75, 3.05) is 14.2 Å². The van der Waals surface area contributed by atoms with Gasteiger partial charge in [-0.1, -0.05) is 0 Å². The van der Waals surface area contributed by atoms with Gasteiger partial charge in [-0.15, -0.1) is 0 Å².